The predicted octanol–water partition coefficient (Wildman–Crippen LogP) is 4.26. The second-order valence-corrected chi connectivity index (χ2v) is 9.22. The molecule has 9 heteroatoms. The van der Waals surface area contributed by atoms with Crippen LogP contribution in [0.15, 0.2) is 69.0 Å². The molecule has 0 fully saturated rings. The van der Waals surface area contributed by atoms with Gasteiger partial charge in [-0.3, -0.25) is 4.79 Å². The van der Waals surface area contributed by atoms with Crippen LogP contribution in [-0.2, 0) is 16.4 Å². The van der Waals surface area contributed by atoms with Crippen molar-refractivity contribution in [1.29, 1.82) is 0 Å². The smallest absolute Gasteiger partial charge is 0.291 e. The molecule has 2 aromatic carbocycles. The van der Waals surface area contributed by atoms with E-state index in [1.54, 1.807) is 37.3 Å². The van der Waals surface area contributed by atoms with Crippen LogP contribution in [0.4, 0.5) is 5.69 Å². The van der Waals surface area contributed by atoms with Crippen LogP contribution < -0.4 is 14.9 Å². The average Bonchev–Trinajstić information content (AvgIpc) is 3.17. The van der Waals surface area contributed by atoms with Crippen LogP contribution in [0.25, 0.3) is 0 Å². The van der Waals surface area contributed by atoms with Gasteiger partial charge in [0.25, 0.3) is 15.9 Å². The summed E-state index contributed by atoms with van der Waals surface area (Å²) in [5, 5.41) is 7.04. The fraction of sp³-hybridized carbons (Fsp3) is 0.250. The van der Waals surface area contributed by atoms with Gasteiger partial charge >= 0.3 is 0 Å². The summed E-state index contributed by atoms with van der Waals surface area (Å²) in [6.07, 6.45) is 1.95. The van der Waals surface area contributed by atoms with E-state index in [4.69, 9.17) is 9.15 Å². The summed E-state index contributed by atoms with van der Waals surface area (Å²) >= 11 is 0. The summed E-state index contributed by atoms with van der Waals surface area (Å²) in [4.78, 5) is 15.4. The van der Waals surface area contributed by atoms with Gasteiger partial charge in [0.2, 0.25) is 0 Å². The van der Waals surface area contributed by atoms with Crippen molar-refractivity contribution in [3.05, 3.63) is 77.2 Å². The van der Waals surface area contributed by atoms with E-state index in [2.05, 4.69) is 15.2 Å². The number of hydrazone groups is 1. The molecule has 1 heterocycles. The van der Waals surface area contributed by atoms with Gasteiger partial charge in [-0.2, -0.15) is 18.4 Å². The van der Waals surface area contributed by atoms with Gasteiger partial charge in [-0.15, -0.1) is 0 Å². The fourth-order valence-electron chi connectivity index (χ4n) is 3.79. The molecule has 8 nitrogen and oxygen atoms in total. The first kappa shape index (κ1) is 22.6. The van der Waals surface area contributed by atoms with Crippen molar-refractivity contribution in [2.24, 2.45) is 5.10 Å². The highest BCUT2D eigenvalue weighted by molar-refractivity contribution is 7.89. The van der Waals surface area contributed by atoms with E-state index in [1.807, 2.05) is 19.1 Å². The summed E-state index contributed by atoms with van der Waals surface area (Å²) < 4.78 is 36.6. The third-order valence-corrected chi connectivity index (χ3v) is 6.55. The maximum absolute atomic E-state index is 13.0. The molecule has 172 valence electrons. The molecule has 0 saturated carbocycles. The minimum Gasteiger partial charge on any atom is -0.492 e. The van der Waals surface area contributed by atoms with Gasteiger partial charge in [0.05, 0.1) is 22.9 Å². The van der Waals surface area contributed by atoms with Gasteiger partial charge in [-0.05, 0) is 51.0 Å². The average molecular weight is 468 g/mol. The highest BCUT2D eigenvalue weighted by Gasteiger charge is 2.28. The van der Waals surface area contributed by atoms with Crippen LogP contribution >= 0.6 is 0 Å². The zero-order valence-corrected chi connectivity index (χ0v) is 19.2. The molecule has 33 heavy (non-hydrogen) atoms. The third kappa shape index (κ3) is 4.78. The Morgan fingerprint density at radius 3 is 2.58 bits per heavy atom. The SMILES string of the molecule is CCOc1ccccc1NC(=O)c1oc2c(c1C)/C(=N/NS(=O)(=O)c1ccccc1)CCC2. The van der Waals surface area contributed by atoms with Crippen LogP contribution in [-0.4, -0.2) is 26.6 Å². The lowest BCUT2D eigenvalue weighted by Gasteiger charge is -2.14. The maximum Gasteiger partial charge on any atom is 0.291 e. The summed E-state index contributed by atoms with van der Waals surface area (Å²) in [5.41, 5.74) is 2.39. The lowest BCUT2D eigenvalue weighted by atomic mass is 9.93. The van der Waals surface area contributed by atoms with Gasteiger partial charge in [-0.25, -0.2) is 0 Å². The standard InChI is InChI=1S/C24H25N3O5S/c1-3-31-20-14-8-7-12-18(20)25-24(28)23-16(2)22-19(13-9-15-21(22)32-23)26-27-33(29,30)17-10-5-4-6-11-17/h4-8,10-12,14,27H,3,9,13,15H2,1-2H3,(H,25,28)/b26-19+. The Morgan fingerprint density at radius 1 is 1.09 bits per heavy atom. The molecule has 0 bridgehead atoms. The first-order valence-corrected chi connectivity index (χ1v) is 12.2. The predicted molar refractivity (Wildman–Crippen MR) is 125 cm³/mol. The summed E-state index contributed by atoms with van der Waals surface area (Å²) in [6, 6.07) is 15.2. The zero-order chi connectivity index (χ0) is 23.4. The van der Waals surface area contributed by atoms with E-state index < -0.39 is 15.9 Å². The molecule has 2 N–H and O–H groups in total. The normalized spacial score (nSPS) is 14.5. The van der Waals surface area contributed by atoms with Crippen LogP contribution in [0.5, 0.6) is 5.75 Å². The van der Waals surface area contributed by atoms with Gasteiger partial charge < -0.3 is 14.5 Å². The second kappa shape index (κ2) is 9.50. The van der Waals surface area contributed by atoms with E-state index in [-0.39, 0.29) is 10.7 Å². The summed E-state index contributed by atoms with van der Waals surface area (Å²) in [6.45, 7) is 4.12. The van der Waals surface area contributed by atoms with Crippen molar-refractivity contribution in [2.75, 3.05) is 11.9 Å². The number of nitrogens with one attached hydrogen (secondary N) is 2. The number of aryl methyl sites for hydroxylation is 1. The Hall–Kier alpha value is -3.59. The quantitative estimate of drug-likeness (QED) is 0.505. The number of hydrogen-bond donors (Lipinski definition) is 2. The molecule has 0 aliphatic heterocycles. The number of ether oxygens (including phenoxy) is 1. The van der Waals surface area contributed by atoms with Crippen molar-refractivity contribution in [3.8, 4) is 5.75 Å². The van der Waals surface area contributed by atoms with Crippen molar-refractivity contribution in [3.63, 3.8) is 0 Å². The number of nitrogens with zero attached hydrogens (tertiary/aromatic N) is 1. The number of furan rings is 1. The minimum atomic E-state index is -3.80. The number of amides is 1. The molecular formula is C24H25N3O5S. The fourth-order valence-corrected chi connectivity index (χ4v) is 4.65. The topological polar surface area (TPSA) is 110 Å². The molecule has 0 spiro atoms. The molecule has 1 amide bonds. The zero-order valence-electron chi connectivity index (χ0n) is 18.4. The van der Waals surface area contributed by atoms with Crippen LogP contribution in [0.2, 0.25) is 0 Å². The Labute approximate surface area is 192 Å². The molecular weight excluding hydrogens is 442 g/mol. The number of para-hydroxylation sites is 2. The van der Waals surface area contributed by atoms with E-state index in [0.29, 0.717) is 53.5 Å². The number of anilines is 1. The number of carbonyl (C=O) groups is 1. The maximum atomic E-state index is 13.0. The third-order valence-electron chi connectivity index (χ3n) is 5.32. The van der Waals surface area contributed by atoms with Gasteiger partial charge in [0.15, 0.2) is 5.76 Å². The van der Waals surface area contributed by atoms with Crippen molar-refractivity contribution >= 4 is 27.3 Å². The Balaban J connectivity index is 1.60. The molecule has 1 aliphatic carbocycles. The van der Waals surface area contributed by atoms with Crippen LogP contribution in [0.1, 0.15) is 47.2 Å². The lowest BCUT2D eigenvalue weighted by molar-refractivity contribution is 0.0993. The molecule has 0 saturated heterocycles. The van der Waals surface area contributed by atoms with E-state index >= 15 is 0 Å². The molecule has 1 aromatic heterocycles. The second-order valence-electron chi connectivity index (χ2n) is 7.56. The van der Waals surface area contributed by atoms with E-state index in [9.17, 15) is 13.2 Å². The van der Waals surface area contributed by atoms with Gasteiger partial charge in [-0.1, -0.05) is 30.3 Å². The van der Waals surface area contributed by atoms with E-state index in [0.717, 1.165) is 6.42 Å². The Kier molecular flexibility index (Phi) is 6.50. The number of fused-ring (bicyclic) bond motifs is 1. The lowest BCUT2D eigenvalue weighted by Crippen LogP contribution is -2.22. The number of benzene rings is 2. The number of rotatable bonds is 7. The number of hydrogen-bond acceptors (Lipinski definition) is 6. The van der Waals surface area contributed by atoms with Crippen molar-refractivity contribution in [1.82, 2.24) is 4.83 Å². The summed E-state index contributed by atoms with van der Waals surface area (Å²) in [5.74, 6) is 0.963. The molecule has 0 unspecified atom stereocenters. The molecule has 4 rings (SSSR count). The largest absolute Gasteiger partial charge is 0.492 e. The van der Waals surface area contributed by atoms with Gasteiger partial charge in [0.1, 0.15) is 11.5 Å². The van der Waals surface area contributed by atoms with Gasteiger partial charge in [0, 0.05) is 17.5 Å². The molecule has 3 aromatic rings. The Bertz CT molecular complexity index is 1300. The molecule has 1 aliphatic rings. The number of sulfonamides is 1. The van der Waals surface area contributed by atoms with Crippen molar-refractivity contribution < 1.29 is 22.4 Å². The molecule has 0 atom stereocenters. The van der Waals surface area contributed by atoms with Crippen LogP contribution in [0, 0.1) is 6.92 Å². The minimum absolute atomic E-state index is 0.127. The van der Waals surface area contributed by atoms with Crippen molar-refractivity contribution in [2.45, 2.75) is 38.0 Å². The highest BCUT2D eigenvalue weighted by atomic mass is 32.2. The Morgan fingerprint density at radius 2 is 1.82 bits per heavy atom. The first-order chi connectivity index (χ1) is 15.9. The number of carbonyl (C=O) groups excluding carboxylic acids is 1. The summed E-state index contributed by atoms with van der Waals surface area (Å²) in [7, 11) is -3.80. The first-order valence-electron chi connectivity index (χ1n) is 10.7. The van der Waals surface area contributed by atoms with E-state index in [1.165, 1.54) is 12.1 Å². The van der Waals surface area contributed by atoms with Crippen LogP contribution in [0.3, 0.4) is 0 Å². The highest BCUT2D eigenvalue weighted by Crippen LogP contribution is 2.31. The molecule has 0 radical (unpaired) electrons. The monoisotopic (exact) mass is 467 g/mol.